The van der Waals surface area contributed by atoms with Crippen LogP contribution in [0.2, 0.25) is 0 Å². The first-order chi connectivity index (χ1) is 16.1. The van der Waals surface area contributed by atoms with Crippen LogP contribution in [0.25, 0.3) is 32.4 Å². The Morgan fingerprint density at radius 2 is 0.912 bits per heavy atom. The predicted octanol–water partition coefficient (Wildman–Crippen LogP) is 6.94. The Morgan fingerprint density at radius 1 is 0.559 bits per heavy atom. The van der Waals surface area contributed by atoms with E-state index in [9.17, 15) is 0 Å². The Balaban J connectivity index is 0.000000532. The molecule has 2 heterocycles. The molecule has 0 amide bonds. The molecule has 0 atom stereocenters. The van der Waals surface area contributed by atoms with Crippen LogP contribution in [0.1, 0.15) is 34.0 Å². The summed E-state index contributed by atoms with van der Waals surface area (Å²) in [6.07, 6.45) is 0. The fraction of sp³-hybridized carbons (Fsp3) is 0.241. The van der Waals surface area contributed by atoms with Crippen molar-refractivity contribution in [2.45, 2.75) is 19.8 Å². The van der Waals surface area contributed by atoms with Crippen LogP contribution in [0.4, 0.5) is 0 Å². The number of rotatable bonds is 3. The van der Waals surface area contributed by atoms with E-state index in [1.165, 1.54) is 27.5 Å². The second-order valence-electron chi connectivity index (χ2n) is 8.02. The number of para-hydroxylation sites is 2. The summed E-state index contributed by atoms with van der Waals surface area (Å²) in [4.78, 5) is 10.1. The van der Waals surface area contributed by atoms with E-state index in [0.717, 1.165) is 22.4 Å². The molecule has 0 aliphatic rings. The molecule has 5 aromatic rings. The normalized spacial score (nSPS) is 10.3. The molecule has 3 aromatic carbocycles. The third-order valence-electron chi connectivity index (χ3n) is 5.55. The summed E-state index contributed by atoms with van der Waals surface area (Å²) in [5, 5.41) is 9.45. The summed E-state index contributed by atoms with van der Waals surface area (Å²) in [6.45, 7) is 4.36. The van der Waals surface area contributed by atoms with E-state index in [1.54, 1.807) is 28.2 Å². The molecule has 0 unspecified atom stereocenters. The first-order valence-electron chi connectivity index (χ1n) is 11.1. The van der Waals surface area contributed by atoms with Crippen LogP contribution in [-0.4, -0.2) is 28.2 Å². The van der Waals surface area contributed by atoms with Gasteiger partial charge in [-0.15, -0.1) is 22.4 Å². The molecule has 5 rings (SSSR count). The fourth-order valence-corrected chi connectivity index (χ4v) is 4.13. The van der Waals surface area contributed by atoms with E-state index in [-0.39, 0.29) is 27.6 Å². The standard InChI is InChI=1S/C25H20N2.2C2H6N.Ti/c1-16-19-12-6-8-14-21(19)26-24(16)23(18-10-4-3-5-11-18)25-17(2)20-13-7-9-15-22(20)27-25;2*1-3-2;/h3-15,23H,1-2H3;2*1-2H3;/q-2;2*-1;+4. The molecule has 0 saturated carbocycles. The van der Waals surface area contributed by atoms with Gasteiger partial charge in [0.05, 0.1) is 0 Å². The minimum atomic E-state index is 0. The first kappa shape index (κ1) is 27.6. The van der Waals surface area contributed by atoms with E-state index in [4.69, 9.17) is 9.97 Å². The van der Waals surface area contributed by atoms with E-state index >= 15 is 0 Å². The molecule has 0 bridgehead atoms. The number of benzene rings is 3. The Labute approximate surface area is 218 Å². The van der Waals surface area contributed by atoms with Crippen molar-refractivity contribution < 1.29 is 21.7 Å². The van der Waals surface area contributed by atoms with Gasteiger partial charge in [-0.1, -0.05) is 90.0 Å². The molecule has 0 fully saturated rings. The van der Waals surface area contributed by atoms with Crippen LogP contribution in [0, 0.1) is 13.8 Å². The van der Waals surface area contributed by atoms with Gasteiger partial charge in [-0.05, 0) is 36.1 Å². The van der Waals surface area contributed by atoms with Crippen molar-refractivity contribution in [3.8, 4) is 0 Å². The van der Waals surface area contributed by atoms with Gasteiger partial charge in [-0.25, -0.2) is 0 Å². The minimum Gasteiger partial charge on any atom is -0.668 e. The van der Waals surface area contributed by atoms with E-state index in [1.807, 2.05) is 0 Å². The van der Waals surface area contributed by atoms with E-state index in [2.05, 4.69) is 103 Å². The third-order valence-corrected chi connectivity index (χ3v) is 5.55. The van der Waals surface area contributed by atoms with Crippen LogP contribution in [0.3, 0.4) is 0 Å². The van der Waals surface area contributed by atoms with Gasteiger partial charge < -0.3 is 20.6 Å². The van der Waals surface area contributed by atoms with Crippen molar-refractivity contribution in [1.82, 2.24) is 9.97 Å². The molecule has 5 heteroatoms. The second-order valence-corrected chi connectivity index (χ2v) is 8.02. The summed E-state index contributed by atoms with van der Waals surface area (Å²) in [7, 11) is 7.00. The van der Waals surface area contributed by atoms with Crippen LogP contribution in [0.5, 0.6) is 0 Å². The average Bonchev–Trinajstić information content (AvgIpc) is 3.34. The molecule has 172 valence electrons. The van der Waals surface area contributed by atoms with Gasteiger partial charge in [-0.3, -0.25) is 0 Å². The Kier molecular flexibility index (Phi) is 10.8. The maximum Gasteiger partial charge on any atom is 4.00 e. The van der Waals surface area contributed by atoms with Crippen molar-refractivity contribution in [2.75, 3.05) is 28.2 Å². The maximum atomic E-state index is 5.04. The van der Waals surface area contributed by atoms with Gasteiger partial charge in [0.2, 0.25) is 0 Å². The molecule has 0 N–H and O–H groups in total. The SMILES string of the molecule is C[N-]C.C[N-]C.Cc1c(C(c2ccccc2)c2[n-]c3ccccc3c2C)[n-]c2ccccc12.[Ti+4]. The van der Waals surface area contributed by atoms with Crippen molar-refractivity contribution in [2.24, 2.45) is 0 Å². The van der Waals surface area contributed by atoms with Crippen LogP contribution in [-0.2, 0) is 21.7 Å². The van der Waals surface area contributed by atoms with Crippen molar-refractivity contribution in [3.05, 3.63) is 118 Å². The van der Waals surface area contributed by atoms with Gasteiger partial charge in [0.25, 0.3) is 0 Å². The van der Waals surface area contributed by atoms with Crippen LogP contribution >= 0.6 is 0 Å². The average molecular weight is 484 g/mol. The molecule has 0 saturated heterocycles. The summed E-state index contributed by atoms with van der Waals surface area (Å²) < 4.78 is 0. The first-order valence-corrected chi connectivity index (χ1v) is 11.1. The molecule has 0 aliphatic carbocycles. The number of aryl methyl sites for hydroxylation is 2. The monoisotopic (exact) mass is 484 g/mol. The van der Waals surface area contributed by atoms with E-state index < -0.39 is 0 Å². The van der Waals surface area contributed by atoms with Gasteiger partial charge in [0.1, 0.15) is 0 Å². The Morgan fingerprint density at radius 3 is 1.29 bits per heavy atom. The maximum absolute atomic E-state index is 5.04. The molecule has 0 spiro atoms. The molecule has 0 radical (unpaired) electrons. The molecule has 2 aromatic heterocycles. The molecule has 4 nitrogen and oxygen atoms in total. The zero-order valence-corrected chi connectivity index (χ0v) is 22.4. The smallest absolute Gasteiger partial charge is 0.668 e. The number of aromatic nitrogens is 2. The summed E-state index contributed by atoms with van der Waals surface area (Å²) >= 11 is 0. The number of hydrogen-bond donors (Lipinski definition) is 0. The van der Waals surface area contributed by atoms with Gasteiger partial charge in [-0.2, -0.15) is 28.2 Å². The van der Waals surface area contributed by atoms with Gasteiger partial charge in [0.15, 0.2) is 0 Å². The summed E-state index contributed by atoms with van der Waals surface area (Å²) in [5.41, 5.74) is 8.03. The van der Waals surface area contributed by atoms with Gasteiger partial charge in [0, 0.05) is 0 Å². The summed E-state index contributed by atoms with van der Waals surface area (Å²) in [5.74, 6) is 0.0333. The molecular formula is C29H32N4Ti. The largest absolute Gasteiger partial charge is 4.00 e. The second kappa shape index (κ2) is 13.3. The molecular weight excluding hydrogens is 452 g/mol. The Bertz CT molecular complexity index is 1210. The number of nitrogens with zero attached hydrogens (tertiary/aromatic N) is 4. The van der Waals surface area contributed by atoms with Gasteiger partial charge >= 0.3 is 21.7 Å². The van der Waals surface area contributed by atoms with Crippen molar-refractivity contribution in [3.63, 3.8) is 0 Å². The number of fused-ring (bicyclic) bond motifs is 2. The Hall–Kier alpha value is -2.63. The topological polar surface area (TPSA) is 56.4 Å². The quantitative estimate of drug-likeness (QED) is 0.261. The van der Waals surface area contributed by atoms with Crippen LogP contribution in [0.15, 0.2) is 78.9 Å². The minimum absolute atomic E-state index is 0. The van der Waals surface area contributed by atoms with Crippen LogP contribution < -0.4 is 9.97 Å². The zero-order valence-electron chi connectivity index (χ0n) is 20.9. The predicted molar refractivity (Wildman–Crippen MR) is 142 cm³/mol. The van der Waals surface area contributed by atoms with Crippen molar-refractivity contribution >= 4 is 21.8 Å². The third kappa shape index (κ3) is 5.89. The summed E-state index contributed by atoms with van der Waals surface area (Å²) in [6, 6.07) is 27.4. The zero-order chi connectivity index (χ0) is 23.8. The van der Waals surface area contributed by atoms with E-state index in [0.29, 0.717) is 0 Å². The molecule has 0 aliphatic heterocycles. The fourth-order valence-electron chi connectivity index (χ4n) is 4.13. The molecule has 34 heavy (non-hydrogen) atoms. The van der Waals surface area contributed by atoms with Crippen molar-refractivity contribution in [1.29, 1.82) is 0 Å². The number of hydrogen-bond acceptors (Lipinski definition) is 0.